The standard InChI is InChI=1S/C31H25Cl2N5O5S/c1-19-28(31(41)38(37(19)2)24-11-4-3-5-12-24)35-30(40)20-8-6-10-23(16-20)34-29(39)21-9-7-13-25(17-21)44(42,43)36-27-18-22(32)14-15-26(27)33/h3-18,36H,1-2H3,(H,34,39)(H,35,40). The largest absolute Gasteiger partial charge is 0.322 e. The molecule has 0 spiro atoms. The average molecular weight is 651 g/mol. The summed E-state index contributed by atoms with van der Waals surface area (Å²) >= 11 is 12.1. The summed E-state index contributed by atoms with van der Waals surface area (Å²) in [6, 6.07) is 25.0. The van der Waals surface area contributed by atoms with Gasteiger partial charge in [0.25, 0.3) is 27.4 Å². The molecule has 0 unspecified atom stereocenters. The van der Waals surface area contributed by atoms with Gasteiger partial charge in [-0.25, -0.2) is 13.1 Å². The van der Waals surface area contributed by atoms with Gasteiger partial charge >= 0.3 is 0 Å². The molecular weight excluding hydrogens is 625 g/mol. The molecule has 0 aliphatic carbocycles. The second kappa shape index (κ2) is 12.4. The van der Waals surface area contributed by atoms with E-state index < -0.39 is 27.4 Å². The Kier molecular flexibility index (Phi) is 8.63. The van der Waals surface area contributed by atoms with Gasteiger partial charge in [0.05, 0.1) is 27.0 Å². The molecule has 0 aliphatic rings. The van der Waals surface area contributed by atoms with E-state index in [9.17, 15) is 22.8 Å². The molecule has 5 aromatic rings. The molecule has 1 heterocycles. The van der Waals surface area contributed by atoms with Crippen LogP contribution in [0.5, 0.6) is 0 Å². The highest BCUT2D eigenvalue weighted by molar-refractivity contribution is 7.92. The van der Waals surface area contributed by atoms with Gasteiger partial charge in [0.1, 0.15) is 5.69 Å². The third-order valence-electron chi connectivity index (χ3n) is 6.75. The number of amides is 2. The van der Waals surface area contributed by atoms with Crippen molar-refractivity contribution < 1.29 is 18.0 Å². The second-order valence-corrected chi connectivity index (χ2v) is 12.2. The summed E-state index contributed by atoms with van der Waals surface area (Å²) < 4.78 is 31.5. The number of hydrogen-bond donors (Lipinski definition) is 3. The maximum Gasteiger partial charge on any atom is 0.295 e. The zero-order valence-corrected chi connectivity index (χ0v) is 25.7. The van der Waals surface area contributed by atoms with E-state index in [2.05, 4.69) is 15.4 Å². The van der Waals surface area contributed by atoms with Crippen molar-refractivity contribution in [1.82, 2.24) is 9.36 Å². The highest BCUT2D eigenvalue weighted by Crippen LogP contribution is 2.28. The van der Waals surface area contributed by atoms with Crippen molar-refractivity contribution in [2.45, 2.75) is 11.8 Å². The van der Waals surface area contributed by atoms with Gasteiger partial charge in [-0.05, 0) is 73.7 Å². The average Bonchev–Trinajstić information content (AvgIpc) is 3.22. The fourth-order valence-electron chi connectivity index (χ4n) is 4.42. The van der Waals surface area contributed by atoms with Gasteiger partial charge in [-0.15, -0.1) is 0 Å². The monoisotopic (exact) mass is 649 g/mol. The summed E-state index contributed by atoms with van der Waals surface area (Å²) in [5.74, 6) is -1.16. The number of nitrogens with one attached hydrogen (secondary N) is 3. The van der Waals surface area contributed by atoms with E-state index in [1.165, 1.54) is 53.2 Å². The summed E-state index contributed by atoms with van der Waals surface area (Å²) in [6.07, 6.45) is 0. The van der Waals surface area contributed by atoms with Gasteiger partial charge in [0, 0.05) is 28.9 Å². The number of carbonyl (C=O) groups excluding carboxylic acids is 2. The van der Waals surface area contributed by atoms with Crippen LogP contribution in [0.3, 0.4) is 0 Å². The normalized spacial score (nSPS) is 11.2. The van der Waals surface area contributed by atoms with Gasteiger partial charge in [-0.3, -0.25) is 23.8 Å². The van der Waals surface area contributed by atoms with E-state index in [1.54, 1.807) is 49.0 Å². The van der Waals surface area contributed by atoms with Gasteiger partial charge < -0.3 is 10.6 Å². The third kappa shape index (κ3) is 6.40. The smallest absolute Gasteiger partial charge is 0.295 e. The quantitative estimate of drug-likeness (QED) is 0.187. The van der Waals surface area contributed by atoms with Crippen molar-refractivity contribution in [3.05, 3.63) is 134 Å². The molecule has 5 rings (SSSR count). The van der Waals surface area contributed by atoms with Crippen LogP contribution in [0.2, 0.25) is 10.0 Å². The molecular formula is C31H25Cl2N5O5S. The zero-order chi connectivity index (χ0) is 31.6. The molecule has 3 N–H and O–H groups in total. The Bertz CT molecular complexity index is 2080. The number of halogens is 2. The first-order chi connectivity index (χ1) is 20.9. The summed E-state index contributed by atoms with van der Waals surface area (Å²) in [5, 5.41) is 5.81. The van der Waals surface area contributed by atoms with Gasteiger partial charge in [-0.2, -0.15) is 0 Å². The number of benzene rings is 4. The molecule has 0 bridgehead atoms. The van der Waals surface area contributed by atoms with Crippen LogP contribution in [0.1, 0.15) is 26.4 Å². The second-order valence-electron chi connectivity index (χ2n) is 9.68. The zero-order valence-electron chi connectivity index (χ0n) is 23.3. The van der Waals surface area contributed by atoms with E-state index in [4.69, 9.17) is 23.2 Å². The van der Waals surface area contributed by atoms with Crippen LogP contribution in [0.15, 0.2) is 107 Å². The molecule has 0 aliphatic heterocycles. The molecule has 4 aromatic carbocycles. The van der Waals surface area contributed by atoms with Crippen LogP contribution in [0.25, 0.3) is 5.69 Å². The molecule has 1 aromatic heterocycles. The molecule has 0 fully saturated rings. The SMILES string of the molecule is Cc1c(NC(=O)c2cccc(NC(=O)c3cccc(S(=O)(=O)Nc4cc(Cl)ccc4Cl)c3)c2)c(=O)n(-c2ccccc2)n1C. The molecule has 10 nitrogen and oxygen atoms in total. The Morgan fingerprint density at radius 3 is 2.16 bits per heavy atom. The number of aromatic nitrogens is 2. The van der Waals surface area contributed by atoms with Crippen LogP contribution in [-0.2, 0) is 17.1 Å². The van der Waals surface area contributed by atoms with Gasteiger partial charge in [0.15, 0.2) is 0 Å². The lowest BCUT2D eigenvalue weighted by molar-refractivity contribution is 0.101. The van der Waals surface area contributed by atoms with Gasteiger partial charge in [-0.1, -0.05) is 53.5 Å². The van der Waals surface area contributed by atoms with Crippen LogP contribution < -0.4 is 20.9 Å². The number of hydrogen-bond acceptors (Lipinski definition) is 5. The van der Waals surface area contributed by atoms with E-state index in [1.807, 2.05) is 18.2 Å². The molecule has 0 radical (unpaired) electrons. The highest BCUT2D eigenvalue weighted by Gasteiger charge is 2.20. The molecule has 0 saturated heterocycles. The Hall–Kier alpha value is -4.84. The predicted octanol–water partition coefficient (Wildman–Crippen LogP) is 6.10. The van der Waals surface area contributed by atoms with Crippen LogP contribution in [-0.4, -0.2) is 29.6 Å². The maximum absolute atomic E-state index is 13.2. The molecule has 2 amide bonds. The number of sulfonamides is 1. The van der Waals surface area contributed by atoms with Crippen molar-refractivity contribution in [1.29, 1.82) is 0 Å². The van der Waals surface area contributed by atoms with E-state index in [0.29, 0.717) is 16.4 Å². The first-order valence-electron chi connectivity index (χ1n) is 13.1. The lowest BCUT2D eigenvalue weighted by Gasteiger charge is -2.12. The van der Waals surface area contributed by atoms with Crippen LogP contribution in [0.4, 0.5) is 17.1 Å². The van der Waals surface area contributed by atoms with Crippen molar-refractivity contribution in [3.63, 3.8) is 0 Å². The molecule has 0 saturated carbocycles. The Morgan fingerprint density at radius 2 is 1.43 bits per heavy atom. The van der Waals surface area contributed by atoms with Crippen LogP contribution >= 0.6 is 23.2 Å². The first-order valence-corrected chi connectivity index (χ1v) is 15.3. The fraction of sp³-hybridized carbons (Fsp3) is 0.0645. The number of nitrogens with zero attached hydrogens (tertiary/aromatic N) is 2. The van der Waals surface area contributed by atoms with Crippen molar-refractivity contribution >= 4 is 62.1 Å². The summed E-state index contributed by atoms with van der Waals surface area (Å²) in [4.78, 5) is 39.3. The number of rotatable bonds is 8. The topological polar surface area (TPSA) is 131 Å². The summed E-state index contributed by atoms with van der Waals surface area (Å²) in [6.45, 7) is 1.72. The van der Waals surface area contributed by atoms with E-state index in [0.717, 1.165) is 0 Å². The number of para-hydroxylation sites is 1. The molecule has 0 atom stereocenters. The van der Waals surface area contributed by atoms with Crippen molar-refractivity contribution in [2.75, 3.05) is 15.4 Å². The highest BCUT2D eigenvalue weighted by atomic mass is 35.5. The maximum atomic E-state index is 13.2. The minimum atomic E-state index is -4.11. The van der Waals surface area contributed by atoms with E-state index in [-0.39, 0.29) is 38.1 Å². The Labute approximate surface area is 262 Å². The third-order valence-corrected chi connectivity index (χ3v) is 8.68. The van der Waals surface area contributed by atoms with E-state index >= 15 is 0 Å². The molecule has 13 heteroatoms. The number of carbonyl (C=O) groups is 2. The Balaban J connectivity index is 1.33. The molecule has 224 valence electrons. The number of anilines is 3. The van der Waals surface area contributed by atoms with Crippen LogP contribution in [0, 0.1) is 6.92 Å². The Morgan fingerprint density at radius 1 is 0.773 bits per heavy atom. The lowest BCUT2D eigenvalue weighted by Crippen LogP contribution is -2.23. The predicted molar refractivity (Wildman–Crippen MR) is 172 cm³/mol. The summed E-state index contributed by atoms with van der Waals surface area (Å²) in [7, 11) is -2.39. The first kappa shape index (κ1) is 30.6. The van der Waals surface area contributed by atoms with Crippen molar-refractivity contribution in [2.24, 2.45) is 7.05 Å². The van der Waals surface area contributed by atoms with Gasteiger partial charge in [0.2, 0.25) is 0 Å². The molecule has 44 heavy (non-hydrogen) atoms. The fourth-order valence-corrected chi connectivity index (χ4v) is 5.93. The minimum absolute atomic E-state index is 0.0568. The summed E-state index contributed by atoms with van der Waals surface area (Å²) in [5.41, 5.74) is 1.56. The lowest BCUT2D eigenvalue weighted by atomic mass is 10.1. The van der Waals surface area contributed by atoms with Crippen molar-refractivity contribution in [3.8, 4) is 5.69 Å². The minimum Gasteiger partial charge on any atom is -0.322 e.